The molecule has 0 rings (SSSR count). The molecule has 0 amide bonds. The van der Waals surface area contributed by atoms with Gasteiger partial charge in [-0.25, -0.2) is 0 Å². The van der Waals surface area contributed by atoms with Crippen molar-refractivity contribution >= 4 is 41.5 Å². The maximum absolute atomic E-state index is 9.49. The zero-order valence-electron chi connectivity index (χ0n) is 7.43. The second-order valence-electron chi connectivity index (χ2n) is 2.14. The van der Waals surface area contributed by atoms with E-state index in [1.54, 1.807) is 0 Å². The molecule has 0 aromatic rings. The Balaban J connectivity index is -0.0000000625. The second-order valence-corrected chi connectivity index (χ2v) is 2.14. The van der Waals surface area contributed by atoms with Crippen molar-refractivity contribution < 1.29 is 36.9 Å². The van der Waals surface area contributed by atoms with Crippen LogP contribution in [0.2, 0.25) is 0 Å². The summed E-state index contributed by atoms with van der Waals surface area (Å²) in [6.07, 6.45) is 0. The van der Waals surface area contributed by atoms with Crippen LogP contribution in [0.15, 0.2) is 24.3 Å². The quantitative estimate of drug-likeness (QED) is 0.417. The number of rotatable bonds is 2. The molecule has 0 bridgehead atoms. The molecular formula is C8H11MnNaO4. The number of hydrogen-bond donors (Lipinski definition) is 0. The van der Waals surface area contributed by atoms with Crippen molar-refractivity contribution in [2.45, 2.75) is 13.8 Å². The average molecular weight is 249 g/mol. The SMILES string of the molecule is C=C(C)C(=O)[O-].C=C(C)C(=O)[O-].[Mn+2].[NaH]. The summed E-state index contributed by atoms with van der Waals surface area (Å²) < 4.78 is 0. The molecule has 75 valence electrons. The van der Waals surface area contributed by atoms with Crippen molar-refractivity contribution in [3.63, 3.8) is 0 Å². The van der Waals surface area contributed by atoms with E-state index in [9.17, 15) is 19.8 Å². The molecule has 0 atom stereocenters. The average Bonchev–Trinajstić information content (AvgIpc) is 1.88. The molecule has 0 heterocycles. The van der Waals surface area contributed by atoms with Crippen LogP contribution in [0.4, 0.5) is 0 Å². The Kier molecular flexibility index (Phi) is 21.8. The number of aliphatic carboxylic acids is 2. The zero-order valence-corrected chi connectivity index (χ0v) is 8.61. The van der Waals surface area contributed by atoms with E-state index >= 15 is 0 Å². The number of carbonyl (C=O) groups excluding carboxylic acids is 2. The van der Waals surface area contributed by atoms with Crippen molar-refractivity contribution in [2.75, 3.05) is 0 Å². The van der Waals surface area contributed by atoms with Crippen LogP contribution in [0, 0.1) is 0 Å². The predicted molar refractivity (Wildman–Crippen MR) is 46.8 cm³/mol. The third-order valence-electron chi connectivity index (χ3n) is 0.697. The van der Waals surface area contributed by atoms with Gasteiger partial charge in [-0.2, -0.15) is 0 Å². The fraction of sp³-hybridized carbons (Fsp3) is 0.250. The van der Waals surface area contributed by atoms with Crippen LogP contribution in [0.5, 0.6) is 0 Å². The van der Waals surface area contributed by atoms with E-state index < -0.39 is 11.9 Å². The van der Waals surface area contributed by atoms with Crippen LogP contribution < -0.4 is 10.2 Å². The first-order chi connectivity index (χ1) is 5.29. The van der Waals surface area contributed by atoms with Crippen molar-refractivity contribution in [1.29, 1.82) is 0 Å². The fourth-order valence-corrected chi connectivity index (χ4v) is 0. The molecule has 6 heteroatoms. The zero-order chi connectivity index (χ0) is 10.3. The summed E-state index contributed by atoms with van der Waals surface area (Å²) in [5.41, 5.74) is 0.130. The first kappa shape index (κ1) is 23.6. The van der Waals surface area contributed by atoms with Crippen molar-refractivity contribution in [3.8, 4) is 0 Å². The van der Waals surface area contributed by atoms with Crippen molar-refractivity contribution in [1.82, 2.24) is 0 Å². The van der Waals surface area contributed by atoms with Crippen molar-refractivity contribution in [3.05, 3.63) is 24.3 Å². The molecule has 0 saturated heterocycles. The van der Waals surface area contributed by atoms with Gasteiger partial charge in [0.05, 0.1) is 11.9 Å². The molecule has 4 nitrogen and oxygen atoms in total. The summed E-state index contributed by atoms with van der Waals surface area (Å²) in [4.78, 5) is 19.0. The van der Waals surface area contributed by atoms with E-state index in [1.807, 2.05) is 0 Å². The summed E-state index contributed by atoms with van der Waals surface area (Å²) >= 11 is 0. The van der Waals surface area contributed by atoms with Gasteiger partial charge >= 0.3 is 46.6 Å². The normalized spacial score (nSPS) is 6.43. The Morgan fingerprint density at radius 2 is 1.00 bits per heavy atom. The van der Waals surface area contributed by atoms with Crippen LogP contribution in [-0.4, -0.2) is 41.5 Å². The Labute approximate surface area is 116 Å². The Morgan fingerprint density at radius 3 is 1.00 bits per heavy atom. The molecular weight excluding hydrogens is 238 g/mol. The van der Waals surface area contributed by atoms with Gasteiger partial charge in [-0.15, -0.1) is 0 Å². The molecule has 0 unspecified atom stereocenters. The van der Waals surface area contributed by atoms with E-state index in [-0.39, 0.29) is 57.8 Å². The third kappa shape index (κ3) is 22.7. The van der Waals surface area contributed by atoms with Crippen LogP contribution in [0.1, 0.15) is 13.8 Å². The minimum atomic E-state index is -1.19. The van der Waals surface area contributed by atoms with Gasteiger partial charge in [0.2, 0.25) is 0 Å². The molecule has 0 aromatic heterocycles. The summed E-state index contributed by atoms with van der Waals surface area (Å²) in [5, 5.41) is 19.0. The number of hydrogen-bond acceptors (Lipinski definition) is 4. The van der Waals surface area contributed by atoms with E-state index in [0.29, 0.717) is 0 Å². The summed E-state index contributed by atoms with van der Waals surface area (Å²) in [7, 11) is 0. The molecule has 14 heavy (non-hydrogen) atoms. The van der Waals surface area contributed by atoms with Gasteiger partial charge in [0.1, 0.15) is 0 Å². The van der Waals surface area contributed by atoms with Gasteiger partial charge < -0.3 is 19.8 Å². The molecule has 0 spiro atoms. The predicted octanol–water partition coefficient (Wildman–Crippen LogP) is -2.03. The molecule has 1 radical (unpaired) electrons. The second kappa shape index (κ2) is 12.9. The van der Waals surface area contributed by atoms with Crippen molar-refractivity contribution in [2.24, 2.45) is 0 Å². The Hall–Kier alpha value is -0.0605. The van der Waals surface area contributed by atoms with Gasteiger partial charge in [-0.05, 0) is 25.0 Å². The van der Waals surface area contributed by atoms with Gasteiger partial charge in [0.25, 0.3) is 0 Å². The van der Waals surface area contributed by atoms with Crippen LogP contribution in [-0.2, 0) is 26.7 Å². The minimum absolute atomic E-state index is 0. The number of carboxylic acids is 2. The summed E-state index contributed by atoms with van der Waals surface area (Å²) in [6, 6.07) is 0. The van der Waals surface area contributed by atoms with Gasteiger partial charge in [0, 0.05) is 0 Å². The standard InChI is InChI=1S/2C4H6O2.Mn.Na.H/c2*1-3(2)4(5)6;;;/h2*1H2,2H3,(H,5,6);;;/q;;+2;;/p-2. The Morgan fingerprint density at radius 1 is 0.929 bits per heavy atom. The van der Waals surface area contributed by atoms with Gasteiger partial charge in [-0.1, -0.05) is 13.2 Å². The van der Waals surface area contributed by atoms with Gasteiger partial charge in [0.15, 0.2) is 0 Å². The number of carbonyl (C=O) groups is 2. The van der Waals surface area contributed by atoms with E-state index in [0.717, 1.165) is 0 Å². The monoisotopic (exact) mass is 249 g/mol. The summed E-state index contributed by atoms with van der Waals surface area (Å²) in [6.45, 7) is 8.95. The molecule has 0 aromatic carbocycles. The fourth-order valence-electron chi connectivity index (χ4n) is 0. The first-order valence-corrected chi connectivity index (χ1v) is 3.02. The van der Waals surface area contributed by atoms with Gasteiger partial charge in [-0.3, -0.25) is 0 Å². The maximum atomic E-state index is 9.49. The molecule has 0 saturated carbocycles. The van der Waals surface area contributed by atoms with E-state index in [4.69, 9.17) is 0 Å². The van der Waals surface area contributed by atoms with Crippen LogP contribution >= 0.6 is 0 Å². The summed E-state index contributed by atoms with van der Waals surface area (Å²) in [5.74, 6) is -2.37. The molecule has 0 aliphatic heterocycles. The van der Waals surface area contributed by atoms with E-state index in [2.05, 4.69) is 13.2 Å². The number of carboxylic acid groups (broad SMARTS) is 2. The third-order valence-corrected chi connectivity index (χ3v) is 0.697. The van der Waals surface area contributed by atoms with Crippen LogP contribution in [0.25, 0.3) is 0 Å². The molecule has 0 N–H and O–H groups in total. The molecule has 0 fully saturated rings. The topological polar surface area (TPSA) is 80.3 Å². The van der Waals surface area contributed by atoms with Crippen LogP contribution in [0.3, 0.4) is 0 Å². The molecule has 0 aliphatic rings. The van der Waals surface area contributed by atoms with E-state index in [1.165, 1.54) is 13.8 Å². The Bertz CT molecular complexity index is 177. The molecule has 0 aliphatic carbocycles. The first-order valence-electron chi connectivity index (χ1n) is 3.02.